The average Bonchev–Trinajstić information content (AvgIpc) is 2.86. The molecule has 112 valence electrons. The third-order valence-electron chi connectivity index (χ3n) is 3.62. The second-order valence-corrected chi connectivity index (χ2v) is 6.59. The summed E-state index contributed by atoms with van der Waals surface area (Å²) >= 11 is 1.67. The van der Waals surface area contributed by atoms with Crippen molar-refractivity contribution in [1.82, 2.24) is 4.98 Å². The molecule has 4 nitrogen and oxygen atoms in total. The predicted molar refractivity (Wildman–Crippen MR) is 86.2 cm³/mol. The molecule has 0 aliphatic carbocycles. The molecule has 3 rings (SSSR count). The number of hydrogen-bond donors (Lipinski definition) is 2. The molecule has 1 aromatic carbocycles. The number of aromatic nitrogens is 1. The molecule has 1 aromatic heterocycles. The van der Waals surface area contributed by atoms with Crippen molar-refractivity contribution in [3.05, 3.63) is 41.4 Å². The van der Waals surface area contributed by atoms with Gasteiger partial charge >= 0.3 is 0 Å². The summed E-state index contributed by atoms with van der Waals surface area (Å²) in [6.45, 7) is 7.40. The molecule has 0 radical (unpaired) electrons. The molecule has 0 spiro atoms. The molecule has 1 aliphatic heterocycles. The monoisotopic (exact) mass is 304 g/mol. The number of thiazole rings is 1. The maximum absolute atomic E-state index is 5.79. The largest absolute Gasteiger partial charge is 0.364 e. The van der Waals surface area contributed by atoms with Gasteiger partial charge in [-0.25, -0.2) is 4.98 Å². The van der Waals surface area contributed by atoms with E-state index in [9.17, 15) is 0 Å². The van der Waals surface area contributed by atoms with Gasteiger partial charge in [0.15, 0.2) is 5.13 Å². The topological polar surface area (TPSA) is 38.6 Å². The van der Waals surface area contributed by atoms with Crippen LogP contribution >= 0.6 is 11.3 Å². The van der Waals surface area contributed by atoms with Gasteiger partial charge in [-0.2, -0.15) is 0 Å². The highest BCUT2D eigenvalue weighted by Crippen LogP contribution is 2.20. The second-order valence-electron chi connectivity index (χ2n) is 5.73. The van der Waals surface area contributed by atoms with Crippen molar-refractivity contribution in [3.63, 3.8) is 0 Å². The van der Waals surface area contributed by atoms with E-state index in [1.807, 2.05) is 18.2 Å². The Labute approximate surface area is 129 Å². The van der Waals surface area contributed by atoms with E-state index in [0.29, 0.717) is 12.2 Å². The van der Waals surface area contributed by atoms with Gasteiger partial charge in [0.25, 0.3) is 0 Å². The third kappa shape index (κ3) is 4.03. The third-order valence-corrected chi connectivity index (χ3v) is 4.43. The summed E-state index contributed by atoms with van der Waals surface area (Å²) in [5.41, 5.74) is 2.24. The number of nitrogens with zero attached hydrogens (tertiary/aromatic N) is 1. The van der Waals surface area contributed by atoms with Crippen LogP contribution in [0.25, 0.3) is 0 Å². The van der Waals surface area contributed by atoms with Gasteiger partial charge in [-0.1, -0.05) is 18.2 Å². The van der Waals surface area contributed by atoms with Crippen molar-refractivity contribution in [2.45, 2.75) is 32.6 Å². The lowest BCUT2D eigenvalue weighted by Gasteiger charge is -2.31. The first-order valence-electron chi connectivity index (χ1n) is 7.44. The van der Waals surface area contributed by atoms with Crippen molar-refractivity contribution in [3.8, 4) is 0 Å². The van der Waals surface area contributed by atoms with Crippen molar-refractivity contribution < 1.29 is 9.64 Å². The summed E-state index contributed by atoms with van der Waals surface area (Å²) in [5, 5.41) is 6.47. The Morgan fingerprint density at radius 2 is 1.95 bits per heavy atom. The summed E-state index contributed by atoms with van der Waals surface area (Å²) in [4.78, 5) is 6.25. The van der Waals surface area contributed by atoms with Crippen molar-refractivity contribution in [2.24, 2.45) is 0 Å². The van der Waals surface area contributed by atoms with Gasteiger partial charge in [-0.15, -0.1) is 11.3 Å². The summed E-state index contributed by atoms with van der Waals surface area (Å²) < 4.78 is 5.79. The van der Waals surface area contributed by atoms with Crippen LogP contribution in [-0.2, 0) is 11.3 Å². The molecular formula is C16H22N3OS+. The van der Waals surface area contributed by atoms with Crippen molar-refractivity contribution >= 4 is 22.2 Å². The van der Waals surface area contributed by atoms with Gasteiger partial charge in [0, 0.05) is 11.1 Å². The minimum Gasteiger partial charge on any atom is -0.364 e. The van der Waals surface area contributed by atoms with Crippen LogP contribution in [0.1, 0.15) is 19.5 Å². The number of benzene rings is 1. The van der Waals surface area contributed by atoms with Crippen LogP contribution < -0.4 is 10.2 Å². The fourth-order valence-electron chi connectivity index (χ4n) is 2.88. The molecule has 2 N–H and O–H groups in total. The highest BCUT2D eigenvalue weighted by Gasteiger charge is 2.26. The molecule has 2 heterocycles. The Kier molecular flexibility index (Phi) is 4.53. The van der Waals surface area contributed by atoms with E-state index in [-0.39, 0.29) is 0 Å². The molecule has 2 aromatic rings. The Morgan fingerprint density at radius 1 is 1.24 bits per heavy atom. The van der Waals surface area contributed by atoms with Crippen LogP contribution in [0.15, 0.2) is 35.7 Å². The molecule has 1 saturated heterocycles. The summed E-state index contributed by atoms with van der Waals surface area (Å²) in [5.74, 6) is 0. The molecule has 0 unspecified atom stereocenters. The van der Waals surface area contributed by atoms with Crippen LogP contribution in [0.4, 0.5) is 10.8 Å². The highest BCUT2D eigenvalue weighted by molar-refractivity contribution is 7.13. The first-order chi connectivity index (χ1) is 10.2. The van der Waals surface area contributed by atoms with Gasteiger partial charge in [0.05, 0.1) is 0 Å². The first-order valence-corrected chi connectivity index (χ1v) is 8.32. The summed E-state index contributed by atoms with van der Waals surface area (Å²) in [7, 11) is 0. The SMILES string of the molecule is C[C@H]1C[NH+](Cc2csc(Nc3ccccc3)n2)C[C@H](C)O1. The maximum Gasteiger partial charge on any atom is 0.187 e. The number of quaternary nitrogens is 1. The highest BCUT2D eigenvalue weighted by atomic mass is 32.1. The zero-order valence-corrected chi connectivity index (χ0v) is 13.3. The van der Waals surface area contributed by atoms with E-state index in [4.69, 9.17) is 9.72 Å². The Balaban J connectivity index is 1.60. The minimum absolute atomic E-state index is 0.337. The summed E-state index contributed by atoms with van der Waals surface area (Å²) in [6.07, 6.45) is 0.675. The van der Waals surface area contributed by atoms with E-state index >= 15 is 0 Å². The smallest absolute Gasteiger partial charge is 0.187 e. The number of para-hydroxylation sites is 1. The van der Waals surface area contributed by atoms with E-state index in [1.165, 1.54) is 0 Å². The number of rotatable bonds is 4. The van der Waals surface area contributed by atoms with Crippen molar-refractivity contribution in [1.29, 1.82) is 0 Å². The molecule has 2 atom stereocenters. The molecular weight excluding hydrogens is 282 g/mol. The van der Waals surface area contributed by atoms with Gasteiger partial charge < -0.3 is 15.0 Å². The van der Waals surface area contributed by atoms with Gasteiger partial charge in [0.2, 0.25) is 0 Å². The lowest BCUT2D eigenvalue weighted by molar-refractivity contribution is -0.928. The van der Waals surface area contributed by atoms with Crippen LogP contribution in [0.2, 0.25) is 0 Å². The van der Waals surface area contributed by atoms with Gasteiger partial charge in [0.1, 0.15) is 37.5 Å². The van der Waals surface area contributed by atoms with Crippen LogP contribution in [0.5, 0.6) is 0 Å². The Bertz CT molecular complexity index is 562. The Morgan fingerprint density at radius 3 is 2.67 bits per heavy atom. The molecule has 5 heteroatoms. The van der Waals surface area contributed by atoms with E-state index in [1.54, 1.807) is 16.2 Å². The zero-order valence-electron chi connectivity index (χ0n) is 12.5. The molecule has 21 heavy (non-hydrogen) atoms. The number of anilines is 2. The maximum atomic E-state index is 5.79. The fraction of sp³-hybridized carbons (Fsp3) is 0.438. The second kappa shape index (κ2) is 6.56. The standard InChI is InChI=1S/C16H21N3OS/c1-12-8-19(9-13(2)20-12)10-15-11-21-16(18-15)17-14-6-4-3-5-7-14/h3-7,11-13H,8-10H2,1-2H3,(H,17,18)/p+1/t12-,13-/m0/s1. The van der Waals surface area contributed by atoms with E-state index in [2.05, 4.69) is 36.7 Å². The lowest BCUT2D eigenvalue weighted by Crippen LogP contribution is -3.14. The molecule has 1 aliphatic rings. The normalized spacial score (nSPS) is 25.7. The lowest BCUT2D eigenvalue weighted by atomic mass is 10.2. The molecule has 0 saturated carbocycles. The van der Waals surface area contributed by atoms with Crippen LogP contribution in [0, 0.1) is 0 Å². The number of morpholine rings is 1. The quantitative estimate of drug-likeness (QED) is 0.908. The first kappa shape index (κ1) is 14.5. The number of ether oxygens (including phenoxy) is 1. The predicted octanol–water partition coefficient (Wildman–Crippen LogP) is 2.08. The Hall–Kier alpha value is -1.43. The minimum atomic E-state index is 0.337. The van der Waals surface area contributed by atoms with Crippen LogP contribution in [-0.4, -0.2) is 30.3 Å². The molecule has 0 amide bonds. The zero-order chi connectivity index (χ0) is 14.7. The van der Waals surface area contributed by atoms with E-state index < -0.39 is 0 Å². The molecule has 1 fully saturated rings. The van der Waals surface area contributed by atoms with E-state index in [0.717, 1.165) is 36.1 Å². The van der Waals surface area contributed by atoms with Crippen LogP contribution in [0.3, 0.4) is 0 Å². The number of hydrogen-bond acceptors (Lipinski definition) is 4. The average molecular weight is 304 g/mol. The van der Waals surface area contributed by atoms with Gasteiger partial charge in [-0.3, -0.25) is 0 Å². The fourth-order valence-corrected chi connectivity index (χ4v) is 3.61. The molecule has 0 bridgehead atoms. The summed E-state index contributed by atoms with van der Waals surface area (Å²) in [6, 6.07) is 10.2. The van der Waals surface area contributed by atoms with Gasteiger partial charge in [-0.05, 0) is 26.0 Å². The number of nitrogens with one attached hydrogen (secondary N) is 2. The van der Waals surface area contributed by atoms with Crippen molar-refractivity contribution in [2.75, 3.05) is 18.4 Å².